The summed E-state index contributed by atoms with van der Waals surface area (Å²) in [5, 5.41) is 8.91. The summed E-state index contributed by atoms with van der Waals surface area (Å²) < 4.78 is 7.18. The van der Waals surface area contributed by atoms with Crippen LogP contribution < -0.4 is 10.1 Å². The van der Waals surface area contributed by atoms with Gasteiger partial charge < -0.3 is 10.1 Å². The Morgan fingerprint density at radius 2 is 1.97 bits per heavy atom. The molecule has 0 saturated carbocycles. The molecule has 1 aromatic heterocycles. The summed E-state index contributed by atoms with van der Waals surface area (Å²) in [6, 6.07) is 15.9. The molecule has 0 fully saturated rings. The molecular formula is C24H24N4O2S. The predicted octanol–water partition coefficient (Wildman–Crippen LogP) is 4.91. The number of fused-ring (bicyclic) bond motifs is 1. The Labute approximate surface area is 185 Å². The number of thioether (sulfide) groups is 1. The fourth-order valence-corrected chi connectivity index (χ4v) is 5.11. The first-order valence-corrected chi connectivity index (χ1v) is 11.4. The number of nitrogens with one attached hydrogen (secondary N) is 1. The van der Waals surface area contributed by atoms with E-state index in [1.807, 2.05) is 35.0 Å². The minimum absolute atomic E-state index is 0.185. The summed E-state index contributed by atoms with van der Waals surface area (Å²) in [4.78, 5) is 17.7. The van der Waals surface area contributed by atoms with Crippen LogP contribution in [0, 0.1) is 6.92 Å². The van der Waals surface area contributed by atoms with Crippen LogP contribution in [0.4, 0.5) is 5.95 Å². The average molecular weight is 433 g/mol. The van der Waals surface area contributed by atoms with Crippen LogP contribution in [0.3, 0.4) is 0 Å². The number of benzene rings is 2. The first-order chi connectivity index (χ1) is 15.1. The third-order valence-electron chi connectivity index (χ3n) is 5.90. The van der Waals surface area contributed by atoms with Crippen LogP contribution in [0.15, 0.2) is 65.0 Å². The minimum Gasteiger partial charge on any atom is -0.497 e. The zero-order chi connectivity index (χ0) is 21.4. The lowest BCUT2D eigenvalue weighted by Crippen LogP contribution is -2.31. The number of allylic oxidation sites excluding steroid dienone is 2. The summed E-state index contributed by atoms with van der Waals surface area (Å²) in [7, 11) is 1.65. The van der Waals surface area contributed by atoms with E-state index in [0.29, 0.717) is 17.5 Å². The standard InChI is InChI=1S/C24H24N4O2S/c1-15-6-3-4-7-17(15)14-31-24-26-23-25-19-8-5-9-20(29)21(19)22(28(23)27-24)16-10-12-18(30-2)13-11-16/h3-4,6-7,10-13,22H,5,8-9,14H2,1-2H3,(H,25,26,27)/t22-/m0/s1. The molecule has 5 rings (SSSR count). The van der Waals surface area contributed by atoms with Crippen molar-refractivity contribution in [1.29, 1.82) is 0 Å². The molecule has 3 aromatic rings. The largest absolute Gasteiger partial charge is 0.497 e. The lowest BCUT2D eigenvalue weighted by molar-refractivity contribution is -0.116. The first-order valence-electron chi connectivity index (χ1n) is 10.4. The number of nitrogens with zero attached hydrogens (tertiary/aromatic N) is 3. The number of hydrogen-bond acceptors (Lipinski definition) is 6. The summed E-state index contributed by atoms with van der Waals surface area (Å²) >= 11 is 1.61. The molecule has 0 saturated heterocycles. The fraction of sp³-hybridized carbons (Fsp3) is 0.292. The highest BCUT2D eigenvalue weighted by Gasteiger charge is 2.36. The number of ether oxygens (including phenoxy) is 1. The van der Waals surface area contributed by atoms with Crippen molar-refractivity contribution < 1.29 is 9.53 Å². The third kappa shape index (κ3) is 3.74. The maximum absolute atomic E-state index is 12.9. The van der Waals surface area contributed by atoms with Gasteiger partial charge in [0, 0.05) is 23.4 Å². The normalized spacial score (nSPS) is 17.7. The van der Waals surface area contributed by atoms with E-state index < -0.39 is 0 Å². The molecule has 2 heterocycles. The molecule has 7 heteroatoms. The second-order valence-corrected chi connectivity index (χ2v) is 8.79. The molecule has 0 amide bonds. The van der Waals surface area contributed by atoms with Gasteiger partial charge in [-0.25, -0.2) is 4.68 Å². The number of carbonyl (C=O) groups excluding carboxylic acids is 1. The van der Waals surface area contributed by atoms with E-state index in [0.717, 1.165) is 41.2 Å². The zero-order valence-corrected chi connectivity index (χ0v) is 18.4. The highest BCUT2D eigenvalue weighted by atomic mass is 32.2. The van der Waals surface area contributed by atoms with Gasteiger partial charge in [-0.15, -0.1) is 5.10 Å². The number of aromatic nitrogens is 3. The average Bonchev–Trinajstić information content (AvgIpc) is 3.20. The van der Waals surface area contributed by atoms with Crippen molar-refractivity contribution in [3.05, 3.63) is 76.5 Å². The lowest BCUT2D eigenvalue weighted by atomic mass is 9.85. The van der Waals surface area contributed by atoms with E-state index >= 15 is 0 Å². The molecule has 31 heavy (non-hydrogen) atoms. The summed E-state index contributed by atoms with van der Waals surface area (Å²) in [6.45, 7) is 2.12. The van der Waals surface area contributed by atoms with Gasteiger partial charge in [0.2, 0.25) is 11.1 Å². The maximum atomic E-state index is 12.9. The molecule has 158 valence electrons. The van der Waals surface area contributed by atoms with Crippen LogP contribution in [0.2, 0.25) is 0 Å². The number of carbonyl (C=O) groups is 1. The SMILES string of the molecule is COc1ccc([C@H]2C3=C(CCCC3=O)Nc3nc(SCc4ccccc4C)nn32)cc1. The number of hydrogen-bond donors (Lipinski definition) is 1. The summed E-state index contributed by atoms with van der Waals surface area (Å²) in [5.41, 5.74) is 5.33. The van der Waals surface area contributed by atoms with Gasteiger partial charge in [0.25, 0.3) is 0 Å². The van der Waals surface area contributed by atoms with Crippen molar-refractivity contribution >= 4 is 23.5 Å². The zero-order valence-electron chi connectivity index (χ0n) is 17.6. The molecule has 6 nitrogen and oxygen atoms in total. The van der Waals surface area contributed by atoms with Gasteiger partial charge in [0.15, 0.2) is 5.78 Å². The maximum Gasteiger partial charge on any atom is 0.227 e. The Kier molecular flexibility index (Phi) is 5.28. The Morgan fingerprint density at radius 3 is 2.74 bits per heavy atom. The van der Waals surface area contributed by atoms with Crippen LogP contribution in [0.25, 0.3) is 0 Å². The first kappa shape index (κ1) is 19.9. The molecule has 2 aliphatic rings. The van der Waals surface area contributed by atoms with Crippen molar-refractivity contribution in [3.8, 4) is 5.75 Å². The molecule has 1 atom stereocenters. The summed E-state index contributed by atoms with van der Waals surface area (Å²) in [6.07, 6.45) is 2.29. The molecule has 1 N–H and O–H groups in total. The lowest BCUT2D eigenvalue weighted by Gasteiger charge is -2.32. The molecule has 0 radical (unpaired) electrons. The van der Waals surface area contributed by atoms with E-state index in [1.165, 1.54) is 11.1 Å². The molecular weight excluding hydrogens is 408 g/mol. The quantitative estimate of drug-likeness (QED) is 0.578. The van der Waals surface area contributed by atoms with Crippen LogP contribution in [0.5, 0.6) is 5.75 Å². The predicted molar refractivity (Wildman–Crippen MR) is 121 cm³/mol. The van der Waals surface area contributed by atoms with Gasteiger partial charge in [-0.05, 0) is 48.6 Å². The van der Waals surface area contributed by atoms with E-state index in [4.69, 9.17) is 14.8 Å². The van der Waals surface area contributed by atoms with Gasteiger partial charge in [0.1, 0.15) is 11.8 Å². The molecule has 0 unspecified atom stereocenters. The van der Waals surface area contributed by atoms with Gasteiger partial charge in [-0.2, -0.15) is 4.98 Å². The number of methoxy groups -OCH3 is 1. The number of anilines is 1. The molecule has 1 aliphatic heterocycles. The van der Waals surface area contributed by atoms with Crippen molar-refractivity contribution in [2.24, 2.45) is 0 Å². The topological polar surface area (TPSA) is 69.0 Å². The molecule has 2 aromatic carbocycles. The highest BCUT2D eigenvalue weighted by Crippen LogP contribution is 2.41. The van der Waals surface area contributed by atoms with E-state index in [-0.39, 0.29) is 11.8 Å². The van der Waals surface area contributed by atoms with Crippen LogP contribution in [-0.4, -0.2) is 27.7 Å². The minimum atomic E-state index is -0.273. The van der Waals surface area contributed by atoms with Crippen molar-refractivity contribution in [3.63, 3.8) is 0 Å². The molecule has 0 bridgehead atoms. The van der Waals surface area contributed by atoms with Crippen LogP contribution >= 0.6 is 11.8 Å². The van der Waals surface area contributed by atoms with Crippen molar-refractivity contribution in [2.45, 2.75) is 43.1 Å². The number of ketones is 1. The Bertz CT molecular complexity index is 1170. The fourth-order valence-electron chi connectivity index (χ4n) is 4.21. The summed E-state index contributed by atoms with van der Waals surface area (Å²) in [5.74, 6) is 2.47. The Balaban J connectivity index is 1.50. The number of Topliss-reactive ketones (excluding diaryl/α,β-unsaturated/α-hetero) is 1. The second kappa shape index (κ2) is 8.23. The second-order valence-electron chi connectivity index (χ2n) is 7.85. The van der Waals surface area contributed by atoms with Gasteiger partial charge in [-0.3, -0.25) is 4.79 Å². The number of aryl methyl sites for hydroxylation is 1. The van der Waals surface area contributed by atoms with E-state index in [9.17, 15) is 4.79 Å². The smallest absolute Gasteiger partial charge is 0.227 e. The number of rotatable bonds is 5. The van der Waals surface area contributed by atoms with E-state index in [2.05, 4.69) is 30.4 Å². The van der Waals surface area contributed by atoms with Gasteiger partial charge in [0.05, 0.1) is 7.11 Å². The van der Waals surface area contributed by atoms with Gasteiger partial charge in [-0.1, -0.05) is 48.2 Å². The monoisotopic (exact) mass is 432 g/mol. The van der Waals surface area contributed by atoms with Crippen LogP contribution in [-0.2, 0) is 10.5 Å². The van der Waals surface area contributed by atoms with Crippen LogP contribution in [0.1, 0.15) is 42.0 Å². The molecule has 0 spiro atoms. The van der Waals surface area contributed by atoms with Crippen molar-refractivity contribution in [2.75, 3.05) is 12.4 Å². The molecule has 1 aliphatic carbocycles. The van der Waals surface area contributed by atoms with Gasteiger partial charge >= 0.3 is 0 Å². The van der Waals surface area contributed by atoms with Crippen molar-refractivity contribution in [1.82, 2.24) is 14.8 Å². The Morgan fingerprint density at radius 1 is 1.16 bits per heavy atom. The highest BCUT2D eigenvalue weighted by molar-refractivity contribution is 7.98. The third-order valence-corrected chi connectivity index (χ3v) is 6.78. The Hall–Kier alpha value is -3.06. The van der Waals surface area contributed by atoms with E-state index in [1.54, 1.807) is 18.9 Å².